The van der Waals surface area contributed by atoms with Gasteiger partial charge in [-0.1, -0.05) is 28.1 Å². The molecule has 1 rings (SSSR count). The van der Waals surface area contributed by atoms with Crippen LogP contribution in [0.5, 0.6) is 0 Å². The Hall–Kier alpha value is -1.66. The van der Waals surface area contributed by atoms with Crippen molar-refractivity contribution in [1.82, 2.24) is 5.32 Å². The number of halogens is 1. The van der Waals surface area contributed by atoms with Gasteiger partial charge in [-0.05, 0) is 23.8 Å². The van der Waals surface area contributed by atoms with Crippen LogP contribution < -0.4 is 5.32 Å². The first kappa shape index (κ1) is 15.4. The molecule has 0 aliphatic carbocycles. The van der Waals surface area contributed by atoms with Gasteiger partial charge in [0, 0.05) is 23.6 Å². The average molecular weight is 328 g/mol. The smallest absolute Gasteiger partial charge is 0.326 e. The van der Waals surface area contributed by atoms with Crippen molar-refractivity contribution in [1.29, 1.82) is 0 Å². The molecule has 0 bridgehead atoms. The zero-order chi connectivity index (χ0) is 14.3. The summed E-state index contributed by atoms with van der Waals surface area (Å²) in [7, 11) is 0. The molecule has 0 aromatic heterocycles. The van der Waals surface area contributed by atoms with Crippen LogP contribution in [0.1, 0.15) is 12.0 Å². The summed E-state index contributed by atoms with van der Waals surface area (Å²) < 4.78 is 0.888. The predicted molar refractivity (Wildman–Crippen MR) is 74.4 cm³/mol. The molecule has 0 saturated carbocycles. The van der Waals surface area contributed by atoms with E-state index in [-0.39, 0.29) is 13.0 Å². The Morgan fingerprint density at radius 1 is 1.42 bits per heavy atom. The number of hydrogen-bond donors (Lipinski definition) is 3. The number of benzene rings is 1. The van der Waals surface area contributed by atoms with Gasteiger partial charge in [0.05, 0.1) is 0 Å². The summed E-state index contributed by atoms with van der Waals surface area (Å²) in [6, 6.07) is 6.25. The van der Waals surface area contributed by atoms with Crippen LogP contribution in [0.15, 0.2) is 34.8 Å². The fraction of sp³-hybridized carbons (Fsp3) is 0.231. The topological polar surface area (TPSA) is 86.6 Å². The van der Waals surface area contributed by atoms with Gasteiger partial charge in [0.1, 0.15) is 6.04 Å². The number of carboxylic acids is 1. The van der Waals surface area contributed by atoms with Crippen molar-refractivity contribution in [2.75, 3.05) is 6.61 Å². The summed E-state index contributed by atoms with van der Waals surface area (Å²) in [5, 5.41) is 19.8. The maximum atomic E-state index is 11.5. The van der Waals surface area contributed by atoms with Crippen molar-refractivity contribution < 1.29 is 19.8 Å². The molecular weight excluding hydrogens is 314 g/mol. The Labute approximate surface area is 119 Å². The van der Waals surface area contributed by atoms with Gasteiger partial charge in [0.15, 0.2) is 0 Å². The quantitative estimate of drug-likeness (QED) is 0.689. The third kappa shape index (κ3) is 5.67. The minimum absolute atomic E-state index is 0.0220. The van der Waals surface area contributed by atoms with Crippen LogP contribution in [-0.4, -0.2) is 34.7 Å². The molecule has 6 heteroatoms. The lowest BCUT2D eigenvalue weighted by Crippen LogP contribution is -2.40. The van der Waals surface area contributed by atoms with Crippen molar-refractivity contribution in [3.05, 3.63) is 40.4 Å². The second kappa shape index (κ2) is 7.70. The fourth-order valence-electron chi connectivity index (χ4n) is 1.39. The molecule has 0 heterocycles. The van der Waals surface area contributed by atoms with Gasteiger partial charge >= 0.3 is 5.97 Å². The number of aliphatic carboxylic acids is 1. The normalized spacial score (nSPS) is 12.3. The van der Waals surface area contributed by atoms with E-state index in [0.29, 0.717) is 0 Å². The number of aliphatic hydroxyl groups excluding tert-OH is 1. The van der Waals surface area contributed by atoms with Crippen LogP contribution in [-0.2, 0) is 9.59 Å². The highest BCUT2D eigenvalue weighted by molar-refractivity contribution is 9.10. The first-order chi connectivity index (χ1) is 9.02. The lowest BCUT2D eigenvalue weighted by atomic mass is 10.2. The highest BCUT2D eigenvalue weighted by Crippen LogP contribution is 2.12. The number of hydrogen-bond acceptors (Lipinski definition) is 3. The van der Waals surface area contributed by atoms with E-state index < -0.39 is 17.9 Å². The van der Waals surface area contributed by atoms with Gasteiger partial charge in [-0.25, -0.2) is 4.79 Å². The molecule has 0 spiro atoms. The number of carbonyl (C=O) groups is 2. The summed E-state index contributed by atoms with van der Waals surface area (Å²) in [4.78, 5) is 22.3. The molecule has 0 saturated heterocycles. The molecule has 0 aliphatic rings. The zero-order valence-electron chi connectivity index (χ0n) is 10.0. The molecule has 1 aromatic rings. The number of aliphatic hydroxyl groups is 1. The molecule has 1 atom stereocenters. The summed E-state index contributed by atoms with van der Waals surface area (Å²) in [5.41, 5.74) is 0.818. The molecule has 102 valence electrons. The molecule has 0 fully saturated rings. The zero-order valence-corrected chi connectivity index (χ0v) is 11.6. The maximum Gasteiger partial charge on any atom is 0.326 e. The molecule has 5 nitrogen and oxygen atoms in total. The van der Waals surface area contributed by atoms with Gasteiger partial charge in [0.25, 0.3) is 0 Å². The van der Waals surface area contributed by atoms with Crippen LogP contribution in [0.25, 0.3) is 6.08 Å². The third-order valence-electron chi connectivity index (χ3n) is 2.31. The highest BCUT2D eigenvalue weighted by Gasteiger charge is 2.17. The summed E-state index contributed by atoms with van der Waals surface area (Å²) in [5.74, 6) is -1.68. The van der Waals surface area contributed by atoms with Crippen LogP contribution >= 0.6 is 15.9 Å². The lowest BCUT2D eigenvalue weighted by molar-refractivity contribution is -0.141. The average Bonchev–Trinajstić information content (AvgIpc) is 2.36. The number of nitrogens with one attached hydrogen (secondary N) is 1. The van der Waals surface area contributed by atoms with E-state index in [9.17, 15) is 9.59 Å². The molecule has 0 aliphatic heterocycles. The first-order valence-corrected chi connectivity index (χ1v) is 6.40. The van der Waals surface area contributed by atoms with Crippen LogP contribution in [0.3, 0.4) is 0 Å². The first-order valence-electron chi connectivity index (χ1n) is 5.60. The Bertz CT molecular complexity index is 487. The molecule has 0 radical (unpaired) electrons. The SMILES string of the molecule is O=C(/C=C/c1cccc(Br)c1)N[C@@H](CCO)C(=O)O. The van der Waals surface area contributed by atoms with E-state index in [1.54, 1.807) is 6.08 Å². The van der Waals surface area contributed by atoms with E-state index in [1.165, 1.54) is 6.08 Å². The van der Waals surface area contributed by atoms with E-state index in [2.05, 4.69) is 21.2 Å². The molecule has 19 heavy (non-hydrogen) atoms. The lowest BCUT2D eigenvalue weighted by Gasteiger charge is -2.11. The second-order valence-electron chi connectivity index (χ2n) is 3.80. The van der Waals surface area contributed by atoms with Gasteiger partial charge < -0.3 is 15.5 Å². The summed E-state index contributed by atoms with van der Waals surface area (Å²) in [6.07, 6.45) is 2.82. The van der Waals surface area contributed by atoms with E-state index in [0.717, 1.165) is 10.0 Å². The van der Waals surface area contributed by atoms with Crippen molar-refractivity contribution in [3.63, 3.8) is 0 Å². The third-order valence-corrected chi connectivity index (χ3v) is 2.80. The van der Waals surface area contributed by atoms with Gasteiger partial charge in [-0.2, -0.15) is 0 Å². The van der Waals surface area contributed by atoms with Crippen LogP contribution in [0.2, 0.25) is 0 Å². The fourth-order valence-corrected chi connectivity index (χ4v) is 1.81. The summed E-state index contributed by atoms with van der Waals surface area (Å²) >= 11 is 3.31. The highest BCUT2D eigenvalue weighted by atomic mass is 79.9. The van der Waals surface area contributed by atoms with Gasteiger partial charge in [0.2, 0.25) is 5.91 Å². The Kier molecular flexibility index (Phi) is 6.24. The van der Waals surface area contributed by atoms with Crippen molar-refractivity contribution in [3.8, 4) is 0 Å². The molecule has 1 aromatic carbocycles. The Morgan fingerprint density at radius 3 is 2.74 bits per heavy atom. The number of rotatable bonds is 6. The molecule has 1 amide bonds. The number of carboxylic acid groups (broad SMARTS) is 1. The Morgan fingerprint density at radius 2 is 2.16 bits per heavy atom. The number of amides is 1. The van der Waals surface area contributed by atoms with Gasteiger partial charge in [-0.15, -0.1) is 0 Å². The predicted octanol–water partition coefficient (Wildman–Crippen LogP) is 1.41. The summed E-state index contributed by atoms with van der Waals surface area (Å²) in [6.45, 7) is -0.299. The largest absolute Gasteiger partial charge is 0.480 e. The molecule has 3 N–H and O–H groups in total. The van der Waals surface area contributed by atoms with Crippen molar-refractivity contribution in [2.45, 2.75) is 12.5 Å². The Balaban J connectivity index is 2.61. The standard InChI is InChI=1S/C13H14BrNO4/c14-10-3-1-2-9(8-10)4-5-12(17)15-11(6-7-16)13(18)19/h1-5,8,11,16H,6-7H2,(H,15,17)(H,18,19)/b5-4+/t11-/m0/s1. The second-order valence-corrected chi connectivity index (χ2v) is 4.72. The van der Waals surface area contributed by atoms with E-state index in [4.69, 9.17) is 10.2 Å². The van der Waals surface area contributed by atoms with Crippen LogP contribution in [0, 0.1) is 0 Å². The molecular formula is C13H14BrNO4. The minimum Gasteiger partial charge on any atom is -0.480 e. The van der Waals surface area contributed by atoms with Gasteiger partial charge in [-0.3, -0.25) is 4.79 Å². The van der Waals surface area contributed by atoms with Crippen molar-refractivity contribution in [2.24, 2.45) is 0 Å². The number of carbonyl (C=O) groups excluding carboxylic acids is 1. The van der Waals surface area contributed by atoms with E-state index in [1.807, 2.05) is 24.3 Å². The molecule has 0 unspecified atom stereocenters. The maximum absolute atomic E-state index is 11.5. The monoisotopic (exact) mass is 327 g/mol. The van der Waals surface area contributed by atoms with E-state index >= 15 is 0 Å². The minimum atomic E-state index is -1.17. The van der Waals surface area contributed by atoms with Crippen LogP contribution in [0.4, 0.5) is 0 Å². The van der Waals surface area contributed by atoms with Crippen molar-refractivity contribution >= 4 is 33.9 Å².